The molecule has 18 heavy (non-hydrogen) atoms. The highest BCUT2D eigenvalue weighted by atomic mass is 79.9. The summed E-state index contributed by atoms with van der Waals surface area (Å²) in [6.45, 7) is 0. The van der Waals surface area contributed by atoms with Crippen molar-refractivity contribution >= 4 is 15.9 Å². The molecular formula is C11H6BrF3N2O. The first-order valence-corrected chi connectivity index (χ1v) is 5.57. The molecule has 94 valence electrons. The van der Waals surface area contributed by atoms with E-state index < -0.39 is 6.36 Å². The lowest BCUT2D eigenvalue weighted by Gasteiger charge is -2.13. The summed E-state index contributed by atoms with van der Waals surface area (Å²) in [7, 11) is 0. The van der Waals surface area contributed by atoms with Crippen LogP contribution in [-0.2, 0) is 0 Å². The lowest BCUT2D eigenvalue weighted by Crippen LogP contribution is -2.17. The normalized spacial score (nSPS) is 11.3. The van der Waals surface area contributed by atoms with Crippen LogP contribution in [0.5, 0.6) is 5.75 Å². The predicted molar refractivity (Wildman–Crippen MR) is 61.9 cm³/mol. The molecule has 0 radical (unpaired) electrons. The molecule has 0 unspecified atom stereocenters. The van der Waals surface area contributed by atoms with Gasteiger partial charge in [0.1, 0.15) is 16.7 Å². The fourth-order valence-electron chi connectivity index (χ4n) is 1.40. The van der Waals surface area contributed by atoms with E-state index in [-0.39, 0.29) is 11.3 Å². The molecule has 0 bridgehead atoms. The maximum absolute atomic E-state index is 12.3. The highest BCUT2D eigenvalue weighted by Gasteiger charge is 2.32. The largest absolute Gasteiger partial charge is 0.573 e. The smallest absolute Gasteiger partial charge is 0.405 e. The molecule has 1 aromatic carbocycles. The van der Waals surface area contributed by atoms with Crippen molar-refractivity contribution in [3.8, 4) is 16.9 Å². The molecule has 0 amide bonds. The van der Waals surface area contributed by atoms with E-state index in [1.165, 1.54) is 30.7 Å². The SMILES string of the molecule is FC(F)(F)Oc1ccccc1-c1cncnc1Br. The molecule has 2 aromatic rings. The number of nitrogens with zero attached hydrogens (tertiary/aromatic N) is 2. The van der Waals surface area contributed by atoms with Gasteiger partial charge in [0, 0.05) is 17.3 Å². The van der Waals surface area contributed by atoms with Gasteiger partial charge in [-0.05, 0) is 22.0 Å². The van der Waals surface area contributed by atoms with Crippen molar-refractivity contribution in [2.24, 2.45) is 0 Å². The van der Waals surface area contributed by atoms with Gasteiger partial charge in [0.05, 0.1) is 0 Å². The monoisotopic (exact) mass is 318 g/mol. The van der Waals surface area contributed by atoms with Crippen molar-refractivity contribution in [3.63, 3.8) is 0 Å². The van der Waals surface area contributed by atoms with Gasteiger partial charge >= 0.3 is 6.36 Å². The van der Waals surface area contributed by atoms with Crippen molar-refractivity contribution in [2.45, 2.75) is 6.36 Å². The Bertz CT molecular complexity index is 560. The Labute approximate surface area is 109 Å². The van der Waals surface area contributed by atoms with Crippen LogP contribution in [0.3, 0.4) is 0 Å². The van der Waals surface area contributed by atoms with Gasteiger partial charge in [0.2, 0.25) is 0 Å². The Morgan fingerprint density at radius 2 is 1.83 bits per heavy atom. The topological polar surface area (TPSA) is 35.0 Å². The van der Waals surface area contributed by atoms with Gasteiger partial charge in [-0.3, -0.25) is 0 Å². The number of alkyl halides is 3. The number of rotatable bonds is 2. The maximum atomic E-state index is 12.3. The molecule has 0 saturated carbocycles. The van der Waals surface area contributed by atoms with Crippen LogP contribution in [0.4, 0.5) is 13.2 Å². The van der Waals surface area contributed by atoms with Crippen LogP contribution in [0.1, 0.15) is 0 Å². The van der Waals surface area contributed by atoms with Crippen molar-refractivity contribution in [1.29, 1.82) is 0 Å². The predicted octanol–water partition coefficient (Wildman–Crippen LogP) is 3.80. The van der Waals surface area contributed by atoms with Gasteiger partial charge in [-0.2, -0.15) is 0 Å². The second-order valence-electron chi connectivity index (χ2n) is 3.27. The van der Waals surface area contributed by atoms with Gasteiger partial charge in [0.25, 0.3) is 0 Å². The number of benzene rings is 1. The quantitative estimate of drug-likeness (QED) is 0.790. The second-order valence-corrected chi connectivity index (χ2v) is 4.02. The summed E-state index contributed by atoms with van der Waals surface area (Å²) in [6.07, 6.45) is -2.03. The summed E-state index contributed by atoms with van der Waals surface area (Å²) < 4.78 is 41.2. The summed E-state index contributed by atoms with van der Waals surface area (Å²) in [5, 5.41) is 0. The van der Waals surface area contributed by atoms with Gasteiger partial charge in [-0.15, -0.1) is 13.2 Å². The molecule has 0 saturated heterocycles. The minimum absolute atomic E-state index is 0.266. The molecule has 0 fully saturated rings. The summed E-state index contributed by atoms with van der Waals surface area (Å²) in [4.78, 5) is 7.64. The molecule has 0 aliphatic rings. The molecule has 0 atom stereocenters. The standard InChI is InChI=1S/C11H6BrF3N2O/c12-10-8(5-16-6-17-10)7-3-1-2-4-9(7)18-11(13,14)15/h1-6H. The van der Waals surface area contributed by atoms with Gasteiger partial charge in [0.15, 0.2) is 0 Å². The van der Waals surface area contributed by atoms with Crippen molar-refractivity contribution < 1.29 is 17.9 Å². The zero-order valence-corrected chi connectivity index (χ0v) is 10.4. The minimum atomic E-state index is -4.74. The Hall–Kier alpha value is -1.63. The first-order chi connectivity index (χ1) is 8.47. The number of hydrogen-bond acceptors (Lipinski definition) is 3. The Morgan fingerprint density at radius 1 is 1.11 bits per heavy atom. The summed E-state index contributed by atoms with van der Waals surface area (Å²) in [6, 6.07) is 5.81. The van der Waals surface area contributed by atoms with Crippen LogP contribution >= 0.6 is 15.9 Å². The van der Waals surface area contributed by atoms with E-state index >= 15 is 0 Å². The maximum Gasteiger partial charge on any atom is 0.573 e. The molecule has 0 aliphatic carbocycles. The van der Waals surface area contributed by atoms with Crippen molar-refractivity contribution in [1.82, 2.24) is 9.97 Å². The lowest BCUT2D eigenvalue weighted by molar-refractivity contribution is -0.274. The molecule has 0 spiro atoms. The molecule has 3 nitrogen and oxygen atoms in total. The average molecular weight is 319 g/mol. The Morgan fingerprint density at radius 3 is 2.50 bits per heavy atom. The van der Waals surface area contributed by atoms with E-state index in [2.05, 4.69) is 30.6 Å². The van der Waals surface area contributed by atoms with E-state index in [1.54, 1.807) is 6.07 Å². The van der Waals surface area contributed by atoms with Crippen molar-refractivity contribution in [3.05, 3.63) is 41.4 Å². The fourth-order valence-corrected chi connectivity index (χ4v) is 1.81. The first kappa shape index (κ1) is 12.8. The third kappa shape index (κ3) is 2.98. The van der Waals surface area contributed by atoms with Gasteiger partial charge < -0.3 is 4.74 Å². The molecule has 1 heterocycles. The van der Waals surface area contributed by atoms with Crippen LogP contribution in [0.25, 0.3) is 11.1 Å². The van der Waals surface area contributed by atoms with E-state index in [0.717, 1.165) is 0 Å². The second kappa shape index (κ2) is 4.93. The van der Waals surface area contributed by atoms with Crippen LogP contribution in [0.15, 0.2) is 41.4 Å². The van der Waals surface area contributed by atoms with Crippen LogP contribution in [0.2, 0.25) is 0 Å². The van der Waals surface area contributed by atoms with Gasteiger partial charge in [-0.25, -0.2) is 9.97 Å². The van der Waals surface area contributed by atoms with Crippen molar-refractivity contribution in [2.75, 3.05) is 0 Å². The number of aromatic nitrogens is 2. The molecule has 1 aromatic heterocycles. The number of hydrogen-bond donors (Lipinski definition) is 0. The summed E-state index contributed by atoms with van der Waals surface area (Å²) >= 11 is 3.16. The highest BCUT2D eigenvalue weighted by Crippen LogP contribution is 2.35. The van der Waals surface area contributed by atoms with Crippen LogP contribution < -0.4 is 4.74 Å². The van der Waals surface area contributed by atoms with E-state index in [9.17, 15) is 13.2 Å². The van der Waals surface area contributed by atoms with E-state index in [0.29, 0.717) is 10.2 Å². The highest BCUT2D eigenvalue weighted by molar-refractivity contribution is 9.10. The van der Waals surface area contributed by atoms with E-state index in [1.807, 2.05) is 0 Å². The zero-order chi connectivity index (χ0) is 13.2. The number of ether oxygens (including phenoxy) is 1. The number of halogens is 4. The summed E-state index contributed by atoms with van der Waals surface area (Å²) in [5.74, 6) is -0.291. The molecule has 7 heteroatoms. The minimum Gasteiger partial charge on any atom is -0.405 e. The zero-order valence-electron chi connectivity index (χ0n) is 8.78. The Balaban J connectivity index is 2.49. The number of para-hydroxylation sites is 1. The third-order valence-corrected chi connectivity index (χ3v) is 2.70. The van der Waals surface area contributed by atoms with Crippen LogP contribution in [0, 0.1) is 0 Å². The summed E-state index contributed by atoms with van der Waals surface area (Å²) in [5.41, 5.74) is 0.694. The molecule has 0 N–H and O–H groups in total. The van der Waals surface area contributed by atoms with Gasteiger partial charge in [-0.1, -0.05) is 18.2 Å². The fraction of sp³-hybridized carbons (Fsp3) is 0.0909. The third-order valence-electron chi connectivity index (χ3n) is 2.07. The first-order valence-electron chi connectivity index (χ1n) is 4.78. The lowest BCUT2D eigenvalue weighted by atomic mass is 10.1. The molecule has 2 rings (SSSR count). The average Bonchev–Trinajstić information content (AvgIpc) is 2.29. The van der Waals surface area contributed by atoms with Crippen LogP contribution in [-0.4, -0.2) is 16.3 Å². The van der Waals surface area contributed by atoms with E-state index in [4.69, 9.17) is 0 Å². The molecule has 0 aliphatic heterocycles. The Kier molecular flexibility index (Phi) is 3.51. The molecular weight excluding hydrogens is 313 g/mol.